The number of carbonyl (C=O) groups excluding carboxylic acids is 2. The summed E-state index contributed by atoms with van der Waals surface area (Å²) < 4.78 is 0. The molecule has 1 rings (SSSR count). The van der Waals surface area contributed by atoms with Crippen LogP contribution in [-0.2, 0) is 9.59 Å². The lowest BCUT2D eigenvalue weighted by Gasteiger charge is -2.31. The van der Waals surface area contributed by atoms with Gasteiger partial charge in [0.05, 0.1) is 5.75 Å². The van der Waals surface area contributed by atoms with Crippen molar-refractivity contribution in [3.8, 4) is 0 Å². The van der Waals surface area contributed by atoms with Crippen LogP contribution in [0.15, 0.2) is 0 Å². The highest BCUT2D eigenvalue weighted by atomic mass is 32.2. The fourth-order valence-corrected chi connectivity index (χ4v) is 3.26. The van der Waals surface area contributed by atoms with Crippen molar-refractivity contribution in [1.29, 1.82) is 0 Å². The molecule has 1 atom stereocenters. The summed E-state index contributed by atoms with van der Waals surface area (Å²) in [5, 5.41) is 3.06. The number of hydrogen-bond acceptors (Lipinski definition) is 3. The molecule has 1 saturated heterocycles. The molecule has 1 unspecified atom stereocenters. The lowest BCUT2D eigenvalue weighted by molar-refractivity contribution is -0.133. The van der Waals surface area contributed by atoms with Gasteiger partial charge in [-0.05, 0) is 31.4 Å². The Morgan fingerprint density at radius 1 is 1.29 bits per heavy atom. The summed E-state index contributed by atoms with van der Waals surface area (Å²) in [6, 6.07) is 0. The zero-order chi connectivity index (χ0) is 15.7. The Kier molecular flexibility index (Phi) is 8.81. The van der Waals surface area contributed by atoms with E-state index in [1.807, 2.05) is 11.2 Å². The molecule has 1 aliphatic heterocycles. The van der Waals surface area contributed by atoms with Crippen molar-refractivity contribution < 1.29 is 9.59 Å². The van der Waals surface area contributed by atoms with Crippen LogP contribution < -0.4 is 5.32 Å². The summed E-state index contributed by atoms with van der Waals surface area (Å²) in [6.45, 7) is 6.67. The lowest BCUT2D eigenvalue weighted by atomic mass is 9.95. The van der Waals surface area contributed by atoms with E-state index >= 15 is 0 Å². The molecular formula is C16H30N2O2S. The molecule has 4 nitrogen and oxygen atoms in total. The van der Waals surface area contributed by atoms with Crippen molar-refractivity contribution in [1.82, 2.24) is 10.2 Å². The van der Waals surface area contributed by atoms with Crippen LogP contribution in [0.4, 0.5) is 0 Å². The van der Waals surface area contributed by atoms with Gasteiger partial charge in [0.25, 0.3) is 0 Å². The maximum absolute atomic E-state index is 12.1. The van der Waals surface area contributed by atoms with E-state index in [0.29, 0.717) is 11.7 Å². The van der Waals surface area contributed by atoms with Crippen LogP contribution in [-0.4, -0.2) is 48.4 Å². The molecule has 0 radical (unpaired) electrons. The minimum absolute atomic E-state index is 0.0878. The van der Waals surface area contributed by atoms with Gasteiger partial charge in [-0.2, -0.15) is 11.8 Å². The summed E-state index contributed by atoms with van der Waals surface area (Å²) in [4.78, 5) is 25.8. The van der Waals surface area contributed by atoms with Crippen molar-refractivity contribution in [2.75, 3.05) is 31.6 Å². The first-order chi connectivity index (χ1) is 10.1. The fourth-order valence-electron chi connectivity index (χ4n) is 2.83. The van der Waals surface area contributed by atoms with Crippen molar-refractivity contribution in [3.63, 3.8) is 0 Å². The summed E-state index contributed by atoms with van der Waals surface area (Å²) in [5.74, 6) is 1.70. The lowest BCUT2D eigenvalue weighted by Crippen LogP contribution is -2.43. The maximum atomic E-state index is 12.1. The second kappa shape index (κ2) is 10.1. The Labute approximate surface area is 133 Å². The predicted molar refractivity (Wildman–Crippen MR) is 89.4 cm³/mol. The number of rotatable bonds is 8. The highest BCUT2D eigenvalue weighted by Crippen LogP contribution is 2.18. The Morgan fingerprint density at radius 2 is 1.95 bits per heavy atom. The third-order valence-electron chi connectivity index (χ3n) is 4.20. The van der Waals surface area contributed by atoms with E-state index in [1.165, 1.54) is 12.8 Å². The Bertz CT molecular complexity index is 328. The Hall–Kier alpha value is -0.710. The summed E-state index contributed by atoms with van der Waals surface area (Å²) >= 11 is 1.56. The molecule has 0 aromatic rings. The number of hydrogen-bond donors (Lipinski definition) is 1. The van der Waals surface area contributed by atoms with E-state index < -0.39 is 0 Å². The number of nitrogens with one attached hydrogen (secondary N) is 1. The molecule has 0 bridgehead atoms. The van der Waals surface area contributed by atoms with Gasteiger partial charge in [-0.25, -0.2) is 0 Å². The van der Waals surface area contributed by atoms with Gasteiger partial charge in [-0.3, -0.25) is 9.59 Å². The third kappa shape index (κ3) is 6.72. The summed E-state index contributed by atoms with van der Waals surface area (Å²) in [5.41, 5.74) is 0. The van der Waals surface area contributed by atoms with Gasteiger partial charge >= 0.3 is 0 Å². The zero-order valence-corrected chi connectivity index (χ0v) is 14.5. The molecule has 1 aliphatic rings. The monoisotopic (exact) mass is 314 g/mol. The first-order valence-corrected chi connectivity index (χ1v) is 9.52. The average molecular weight is 314 g/mol. The van der Waals surface area contributed by atoms with Crippen LogP contribution in [0.1, 0.15) is 46.0 Å². The highest BCUT2D eigenvalue weighted by molar-refractivity contribution is 7.99. The molecule has 0 saturated carbocycles. The molecule has 21 heavy (non-hydrogen) atoms. The van der Waals surface area contributed by atoms with Crippen LogP contribution in [0, 0.1) is 11.8 Å². The predicted octanol–water partition coefficient (Wildman–Crippen LogP) is 2.53. The average Bonchev–Trinajstić information content (AvgIpc) is 2.48. The van der Waals surface area contributed by atoms with Crippen molar-refractivity contribution in [2.24, 2.45) is 11.8 Å². The maximum Gasteiger partial charge on any atom is 0.232 e. The van der Waals surface area contributed by atoms with E-state index in [1.54, 1.807) is 11.8 Å². The Balaban J connectivity index is 2.21. The van der Waals surface area contributed by atoms with E-state index in [2.05, 4.69) is 19.2 Å². The third-order valence-corrected chi connectivity index (χ3v) is 4.74. The minimum atomic E-state index is 0.0878. The van der Waals surface area contributed by atoms with Crippen molar-refractivity contribution >= 4 is 23.6 Å². The second-order valence-corrected chi connectivity index (χ2v) is 6.93. The number of nitrogens with zero attached hydrogens (tertiary/aromatic N) is 1. The molecule has 0 spiro atoms. The van der Waals surface area contributed by atoms with Crippen LogP contribution >= 0.6 is 11.8 Å². The van der Waals surface area contributed by atoms with Crippen molar-refractivity contribution in [3.05, 3.63) is 0 Å². The van der Waals surface area contributed by atoms with E-state index in [9.17, 15) is 9.59 Å². The van der Waals surface area contributed by atoms with Gasteiger partial charge in [0.2, 0.25) is 11.8 Å². The first kappa shape index (κ1) is 18.3. The molecule has 1 fully saturated rings. The molecule has 0 aliphatic carbocycles. The number of amides is 2. The fraction of sp³-hybridized carbons (Fsp3) is 0.875. The van der Waals surface area contributed by atoms with E-state index in [-0.39, 0.29) is 17.7 Å². The molecule has 122 valence electrons. The minimum Gasteiger partial charge on any atom is -0.356 e. The standard InChI is InChI=1S/C16H30N2O2S/c1-4-5-13(2)6-9-17-16(20)14-7-10-18(11-8-14)15(19)12-21-3/h13-14H,4-12H2,1-3H3,(H,17,20). The summed E-state index contributed by atoms with van der Waals surface area (Å²) in [6.07, 6.45) is 7.04. The van der Waals surface area contributed by atoms with Gasteiger partial charge in [-0.1, -0.05) is 26.7 Å². The number of thioether (sulfide) groups is 1. The van der Waals surface area contributed by atoms with E-state index in [4.69, 9.17) is 0 Å². The summed E-state index contributed by atoms with van der Waals surface area (Å²) in [7, 11) is 0. The van der Waals surface area contributed by atoms with Crippen molar-refractivity contribution in [2.45, 2.75) is 46.0 Å². The SMILES string of the molecule is CCCC(C)CCNC(=O)C1CCN(C(=O)CSC)CC1. The second-order valence-electron chi connectivity index (χ2n) is 6.06. The Morgan fingerprint density at radius 3 is 2.52 bits per heavy atom. The smallest absolute Gasteiger partial charge is 0.232 e. The topological polar surface area (TPSA) is 49.4 Å². The molecule has 0 aromatic carbocycles. The van der Waals surface area contributed by atoms with Crippen LogP contribution in [0.5, 0.6) is 0 Å². The van der Waals surface area contributed by atoms with Gasteiger partial charge in [0.1, 0.15) is 0 Å². The highest BCUT2D eigenvalue weighted by Gasteiger charge is 2.26. The van der Waals surface area contributed by atoms with Crippen LogP contribution in [0.3, 0.4) is 0 Å². The molecule has 0 aromatic heterocycles. The van der Waals surface area contributed by atoms with E-state index in [0.717, 1.165) is 38.9 Å². The first-order valence-electron chi connectivity index (χ1n) is 8.12. The number of piperidine rings is 1. The largest absolute Gasteiger partial charge is 0.356 e. The van der Waals surface area contributed by atoms with Crippen LogP contribution in [0.2, 0.25) is 0 Å². The normalized spacial score (nSPS) is 17.6. The molecule has 1 N–H and O–H groups in total. The van der Waals surface area contributed by atoms with Gasteiger partial charge in [0, 0.05) is 25.6 Å². The van der Waals surface area contributed by atoms with Gasteiger partial charge < -0.3 is 10.2 Å². The number of carbonyl (C=O) groups is 2. The molecule has 2 amide bonds. The molecule has 1 heterocycles. The molecule has 5 heteroatoms. The van der Waals surface area contributed by atoms with Gasteiger partial charge in [-0.15, -0.1) is 0 Å². The molecular weight excluding hydrogens is 284 g/mol. The number of likely N-dealkylation sites (tertiary alicyclic amines) is 1. The van der Waals surface area contributed by atoms with Crippen LogP contribution in [0.25, 0.3) is 0 Å². The zero-order valence-electron chi connectivity index (χ0n) is 13.7. The quantitative estimate of drug-likeness (QED) is 0.749. The van der Waals surface area contributed by atoms with Gasteiger partial charge in [0.15, 0.2) is 0 Å².